The number of carbonyl (C=O) groups excluding carboxylic acids is 1. The fourth-order valence-electron chi connectivity index (χ4n) is 2.74. The third-order valence-electron chi connectivity index (χ3n) is 3.89. The Kier molecular flexibility index (Phi) is 4.16. The maximum atomic E-state index is 12.8. The van der Waals surface area contributed by atoms with Gasteiger partial charge in [-0.2, -0.15) is 4.68 Å². The number of nitrogens with one attached hydrogen (secondary N) is 1. The van der Waals surface area contributed by atoms with E-state index in [4.69, 9.17) is 9.15 Å². The van der Waals surface area contributed by atoms with Gasteiger partial charge < -0.3 is 9.15 Å². The number of fused-ring (bicyclic) bond motifs is 1. The molecule has 0 aliphatic carbocycles. The quantitative estimate of drug-likeness (QED) is 0.595. The molecule has 4 rings (SSSR count). The molecule has 2 aromatic heterocycles. The SMILES string of the molecule is COCc1c(C(=O)Nc2nnnn2-c2ccccc2)oc2ccccc12. The van der Waals surface area contributed by atoms with Crippen LogP contribution in [0.3, 0.4) is 0 Å². The Morgan fingerprint density at radius 2 is 1.92 bits per heavy atom. The molecule has 4 aromatic rings. The van der Waals surface area contributed by atoms with E-state index in [0.29, 0.717) is 11.1 Å². The lowest BCUT2D eigenvalue weighted by Crippen LogP contribution is -2.17. The van der Waals surface area contributed by atoms with E-state index in [2.05, 4.69) is 20.8 Å². The lowest BCUT2D eigenvalue weighted by Gasteiger charge is -2.06. The van der Waals surface area contributed by atoms with Crippen LogP contribution in [0.2, 0.25) is 0 Å². The highest BCUT2D eigenvalue weighted by Crippen LogP contribution is 2.27. The lowest BCUT2D eigenvalue weighted by atomic mass is 10.1. The van der Waals surface area contributed by atoms with Crippen molar-refractivity contribution in [2.75, 3.05) is 12.4 Å². The van der Waals surface area contributed by atoms with Gasteiger partial charge in [0.05, 0.1) is 12.3 Å². The summed E-state index contributed by atoms with van der Waals surface area (Å²) >= 11 is 0. The Labute approximate surface area is 148 Å². The topological polar surface area (TPSA) is 95.1 Å². The molecule has 1 N–H and O–H groups in total. The minimum Gasteiger partial charge on any atom is -0.451 e. The first-order valence-corrected chi connectivity index (χ1v) is 7.92. The third-order valence-corrected chi connectivity index (χ3v) is 3.89. The van der Waals surface area contributed by atoms with E-state index in [0.717, 1.165) is 11.1 Å². The predicted molar refractivity (Wildman–Crippen MR) is 94.0 cm³/mol. The first kappa shape index (κ1) is 16.0. The number of nitrogens with zero attached hydrogens (tertiary/aromatic N) is 4. The van der Waals surface area contributed by atoms with E-state index >= 15 is 0 Å². The maximum absolute atomic E-state index is 12.8. The van der Waals surface area contributed by atoms with E-state index in [1.54, 1.807) is 13.2 Å². The molecule has 0 bridgehead atoms. The van der Waals surface area contributed by atoms with Crippen LogP contribution in [0.25, 0.3) is 16.7 Å². The summed E-state index contributed by atoms with van der Waals surface area (Å²) in [5.41, 5.74) is 2.03. The molecule has 26 heavy (non-hydrogen) atoms. The summed E-state index contributed by atoms with van der Waals surface area (Å²) in [4.78, 5) is 12.8. The Morgan fingerprint density at radius 3 is 2.73 bits per heavy atom. The first-order chi connectivity index (χ1) is 12.8. The fraction of sp³-hybridized carbons (Fsp3) is 0.111. The van der Waals surface area contributed by atoms with Crippen LogP contribution in [-0.2, 0) is 11.3 Å². The van der Waals surface area contributed by atoms with E-state index in [9.17, 15) is 4.79 Å². The number of carbonyl (C=O) groups is 1. The van der Waals surface area contributed by atoms with Crippen molar-refractivity contribution in [1.29, 1.82) is 0 Å². The summed E-state index contributed by atoms with van der Waals surface area (Å²) in [7, 11) is 1.57. The molecule has 1 amide bonds. The van der Waals surface area contributed by atoms with Crippen LogP contribution in [0.1, 0.15) is 16.1 Å². The molecule has 8 nitrogen and oxygen atoms in total. The summed E-state index contributed by atoms with van der Waals surface area (Å²) in [6.45, 7) is 0.253. The Bertz CT molecular complexity index is 1060. The van der Waals surface area contributed by atoms with E-state index in [1.165, 1.54) is 4.68 Å². The second-order valence-electron chi connectivity index (χ2n) is 5.54. The van der Waals surface area contributed by atoms with Crippen LogP contribution in [0, 0.1) is 0 Å². The Morgan fingerprint density at radius 1 is 1.15 bits per heavy atom. The number of hydrogen-bond donors (Lipinski definition) is 1. The largest absolute Gasteiger partial charge is 0.451 e. The van der Waals surface area contributed by atoms with Crippen LogP contribution in [-0.4, -0.2) is 33.2 Å². The number of methoxy groups -OCH3 is 1. The molecule has 0 spiro atoms. The number of ether oxygens (including phenoxy) is 1. The van der Waals surface area contributed by atoms with Crippen molar-refractivity contribution in [3.63, 3.8) is 0 Å². The third kappa shape index (κ3) is 2.82. The van der Waals surface area contributed by atoms with Gasteiger partial charge in [0.2, 0.25) is 0 Å². The van der Waals surface area contributed by atoms with Gasteiger partial charge in [0.15, 0.2) is 5.76 Å². The van der Waals surface area contributed by atoms with Crippen molar-refractivity contribution in [3.8, 4) is 5.69 Å². The van der Waals surface area contributed by atoms with Crippen LogP contribution in [0.4, 0.5) is 5.95 Å². The van der Waals surface area contributed by atoms with Gasteiger partial charge in [0, 0.05) is 18.1 Å². The van der Waals surface area contributed by atoms with Gasteiger partial charge in [-0.1, -0.05) is 41.5 Å². The highest BCUT2D eigenvalue weighted by Gasteiger charge is 2.22. The van der Waals surface area contributed by atoms with Gasteiger partial charge in [-0.05, 0) is 28.6 Å². The smallest absolute Gasteiger partial charge is 0.294 e. The molecule has 0 radical (unpaired) electrons. The Hall–Kier alpha value is -3.52. The average Bonchev–Trinajstić information content (AvgIpc) is 3.28. The van der Waals surface area contributed by atoms with Crippen molar-refractivity contribution in [2.45, 2.75) is 6.61 Å². The number of furan rings is 1. The zero-order chi connectivity index (χ0) is 17.9. The van der Waals surface area contributed by atoms with Crippen LogP contribution in [0.15, 0.2) is 59.0 Å². The average molecular weight is 349 g/mol. The number of rotatable bonds is 5. The van der Waals surface area contributed by atoms with Gasteiger partial charge in [-0.15, -0.1) is 0 Å². The van der Waals surface area contributed by atoms with Crippen molar-refractivity contribution in [1.82, 2.24) is 20.2 Å². The molecule has 0 atom stereocenters. The molecule has 0 aliphatic rings. The van der Waals surface area contributed by atoms with Gasteiger partial charge in [-0.25, -0.2) is 0 Å². The summed E-state index contributed by atoms with van der Waals surface area (Å²) in [6.07, 6.45) is 0. The molecule has 2 aromatic carbocycles. The molecule has 0 unspecified atom stereocenters. The van der Waals surface area contributed by atoms with Crippen LogP contribution < -0.4 is 5.32 Å². The number of para-hydroxylation sites is 2. The van der Waals surface area contributed by atoms with Crippen LogP contribution in [0.5, 0.6) is 0 Å². The summed E-state index contributed by atoms with van der Waals surface area (Å²) in [5.74, 6) is -0.0686. The van der Waals surface area contributed by atoms with Crippen molar-refractivity contribution in [3.05, 3.63) is 65.9 Å². The molecule has 0 saturated heterocycles. The standard InChI is InChI=1S/C18H15N5O3/c1-25-11-14-13-9-5-6-10-15(13)26-16(14)17(24)19-18-20-21-22-23(18)12-7-3-2-4-8-12/h2-10H,11H2,1H3,(H,19,20,22,24). The van der Waals surface area contributed by atoms with E-state index in [-0.39, 0.29) is 18.3 Å². The second-order valence-corrected chi connectivity index (χ2v) is 5.54. The number of benzene rings is 2. The van der Waals surface area contributed by atoms with Crippen LogP contribution >= 0.6 is 0 Å². The van der Waals surface area contributed by atoms with Gasteiger partial charge in [0.1, 0.15) is 5.58 Å². The highest BCUT2D eigenvalue weighted by atomic mass is 16.5. The minimum absolute atomic E-state index is 0.177. The van der Waals surface area contributed by atoms with E-state index < -0.39 is 5.91 Å². The minimum atomic E-state index is -0.444. The number of hydrogen-bond acceptors (Lipinski definition) is 6. The molecule has 0 saturated carbocycles. The van der Waals surface area contributed by atoms with Crippen molar-refractivity contribution >= 4 is 22.8 Å². The molecular weight excluding hydrogens is 334 g/mol. The highest BCUT2D eigenvalue weighted by molar-refractivity contribution is 6.05. The zero-order valence-corrected chi connectivity index (χ0v) is 13.9. The number of anilines is 1. The summed E-state index contributed by atoms with van der Waals surface area (Å²) in [5, 5.41) is 15.0. The Balaban J connectivity index is 1.69. The number of amides is 1. The number of tetrazole rings is 1. The molecule has 8 heteroatoms. The first-order valence-electron chi connectivity index (χ1n) is 7.92. The van der Waals surface area contributed by atoms with Crippen molar-refractivity contribution < 1.29 is 13.9 Å². The van der Waals surface area contributed by atoms with Gasteiger partial charge in [-0.3, -0.25) is 10.1 Å². The molecule has 0 aliphatic heterocycles. The normalized spacial score (nSPS) is 11.0. The molecule has 2 heterocycles. The monoisotopic (exact) mass is 349 g/mol. The maximum Gasteiger partial charge on any atom is 0.294 e. The predicted octanol–water partition coefficient (Wildman–Crippen LogP) is 2.81. The number of aromatic nitrogens is 4. The van der Waals surface area contributed by atoms with Crippen molar-refractivity contribution in [2.24, 2.45) is 0 Å². The molecule has 130 valence electrons. The lowest BCUT2D eigenvalue weighted by molar-refractivity contribution is 0.0991. The van der Waals surface area contributed by atoms with E-state index in [1.807, 2.05) is 48.5 Å². The second kappa shape index (κ2) is 6.77. The van der Waals surface area contributed by atoms with Gasteiger partial charge >= 0.3 is 0 Å². The summed E-state index contributed by atoms with van der Waals surface area (Å²) in [6, 6.07) is 16.7. The molecule has 0 fully saturated rings. The fourth-order valence-corrected chi connectivity index (χ4v) is 2.74. The summed E-state index contributed by atoms with van der Waals surface area (Å²) < 4.78 is 12.4. The zero-order valence-electron chi connectivity index (χ0n) is 13.9. The molecular formula is C18H15N5O3. The van der Waals surface area contributed by atoms with Gasteiger partial charge in [0.25, 0.3) is 11.9 Å².